The Balaban J connectivity index is 1.19. The molecule has 0 aromatic heterocycles. The number of aliphatic imine (C=N–C) groups is 2. The highest BCUT2D eigenvalue weighted by Crippen LogP contribution is 2.41. The van der Waals surface area contributed by atoms with Crippen LogP contribution in [0.15, 0.2) is 88.4 Å². The lowest BCUT2D eigenvalue weighted by Crippen LogP contribution is -2.53. The molecule has 1 saturated carbocycles. The van der Waals surface area contributed by atoms with E-state index in [0.717, 1.165) is 85.7 Å². The summed E-state index contributed by atoms with van der Waals surface area (Å²) in [6.45, 7) is 2.34. The van der Waals surface area contributed by atoms with Crippen molar-refractivity contribution in [1.29, 1.82) is 0 Å². The number of likely N-dealkylation sites (tertiary alicyclic amines) is 1. The van der Waals surface area contributed by atoms with Crippen molar-refractivity contribution in [1.82, 2.24) is 4.90 Å². The number of nitrogens with zero attached hydrogens (tertiary/aromatic N) is 4. The molecule has 2 fully saturated rings. The number of hydrogen-bond acceptors (Lipinski definition) is 5. The van der Waals surface area contributed by atoms with Crippen LogP contribution in [0.4, 0.5) is 0 Å². The molecular weight excluding hydrogens is 486 g/mol. The van der Waals surface area contributed by atoms with E-state index >= 15 is 0 Å². The summed E-state index contributed by atoms with van der Waals surface area (Å²) in [5, 5.41) is 0. The molecule has 1 atom stereocenters. The van der Waals surface area contributed by atoms with Gasteiger partial charge in [0.2, 0.25) is 11.6 Å². The van der Waals surface area contributed by atoms with Crippen molar-refractivity contribution in [2.24, 2.45) is 27.7 Å². The first kappa shape index (κ1) is 25.7. The normalized spacial score (nSPS) is 26.7. The standard InChI is InChI=1S/C32H38N5O2/c33-37-20-17-34-22-29(37)30(25-13-15-26(16-14-25)32(38)36-18-6-1-2-7-19-36)35-31(37)27-11-8-12-28(21-27)39-23-24-9-4-3-5-10-24/h3-5,8-12,17,20-22,25-26H,1-2,6-7,13-16,18-19,23,33H2/q+1. The molecular formula is C32H38N5O2+. The molecule has 4 aliphatic rings. The van der Waals surface area contributed by atoms with E-state index < -0.39 is 0 Å². The van der Waals surface area contributed by atoms with E-state index in [1.54, 1.807) is 6.20 Å². The van der Waals surface area contributed by atoms with Crippen LogP contribution in [0.1, 0.15) is 62.5 Å². The first-order valence-electron chi connectivity index (χ1n) is 14.4. The second kappa shape index (κ2) is 11.3. The minimum absolute atomic E-state index is 0.00755. The zero-order chi connectivity index (χ0) is 26.7. The molecule has 3 heterocycles. The average molecular weight is 525 g/mol. The van der Waals surface area contributed by atoms with Gasteiger partial charge in [0.15, 0.2) is 0 Å². The minimum Gasteiger partial charge on any atom is -0.489 e. The van der Waals surface area contributed by atoms with E-state index in [1.807, 2.05) is 54.9 Å². The largest absolute Gasteiger partial charge is 0.489 e. The van der Waals surface area contributed by atoms with E-state index in [9.17, 15) is 4.79 Å². The summed E-state index contributed by atoms with van der Waals surface area (Å²) in [6, 6.07) is 18.2. The molecule has 0 bridgehead atoms. The Morgan fingerprint density at radius 2 is 1.74 bits per heavy atom. The van der Waals surface area contributed by atoms with E-state index in [0.29, 0.717) is 12.5 Å². The summed E-state index contributed by atoms with van der Waals surface area (Å²) in [7, 11) is 0. The fourth-order valence-electron chi connectivity index (χ4n) is 6.34. The van der Waals surface area contributed by atoms with Crippen molar-refractivity contribution in [3.05, 3.63) is 89.5 Å². The average Bonchev–Trinajstić information content (AvgIpc) is 3.10. The minimum atomic E-state index is 0.00755. The van der Waals surface area contributed by atoms with Crippen LogP contribution in [-0.2, 0) is 11.4 Å². The summed E-state index contributed by atoms with van der Waals surface area (Å²) in [4.78, 5) is 25.0. The molecule has 0 spiro atoms. The number of allylic oxidation sites excluding steroid dienone is 2. The van der Waals surface area contributed by atoms with Gasteiger partial charge in [-0.25, -0.2) is 0 Å². The lowest BCUT2D eigenvalue weighted by molar-refractivity contribution is -0.750. The number of carbonyl (C=O) groups excluding carboxylic acids is 1. The van der Waals surface area contributed by atoms with Gasteiger partial charge >= 0.3 is 0 Å². The third-order valence-corrected chi connectivity index (χ3v) is 8.54. The zero-order valence-corrected chi connectivity index (χ0v) is 22.5. The topological polar surface area (TPSA) is 80.3 Å². The fourth-order valence-corrected chi connectivity index (χ4v) is 6.34. The smallest absolute Gasteiger partial charge is 0.265 e. The maximum atomic E-state index is 13.2. The second-order valence-electron chi connectivity index (χ2n) is 11.1. The van der Waals surface area contributed by atoms with Crippen molar-refractivity contribution < 1.29 is 14.1 Å². The molecule has 2 N–H and O–H groups in total. The lowest BCUT2D eigenvalue weighted by Gasteiger charge is -2.32. The maximum Gasteiger partial charge on any atom is 0.265 e. The van der Waals surface area contributed by atoms with Crippen LogP contribution >= 0.6 is 0 Å². The molecule has 1 saturated heterocycles. The fraction of sp³-hybridized carbons (Fsp3) is 0.406. The van der Waals surface area contributed by atoms with Crippen molar-refractivity contribution in [2.45, 2.75) is 58.0 Å². The molecule has 202 valence electrons. The Bertz CT molecular complexity index is 1320. The highest BCUT2D eigenvalue weighted by atomic mass is 16.5. The van der Waals surface area contributed by atoms with Crippen LogP contribution in [0.3, 0.4) is 0 Å². The predicted molar refractivity (Wildman–Crippen MR) is 153 cm³/mol. The van der Waals surface area contributed by atoms with E-state index in [4.69, 9.17) is 15.6 Å². The van der Waals surface area contributed by atoms with Gasteiger partial charge in [-0.1, -0.05) is 49.2 Å². The Hall–Kier alpha value is -3.55. The Labute approximate surface area is 230 Å². The van der Waals surface area contributed by atoms with Crippen LogP contribution in [-0.4, -0.2) is 40.5 Å². The van der Waals surface area contributed by atoms with Gasteiger partial charge in [0, 0.05) is 24.9 Å². The van der Waals surface area contributed by atoms with Crippen molar-refractivity contribution in [3.8, 4) is 5.75 Å². The molecule has 1 amide bonds. The molecule has 7 nitrogen and oxygen atoms in total. The maximum absolute atomic E-state index is 13.2. The van der Waals surface area contributed by atoms with Gasteiger partial charge in [0.25, 0.3) is 5.84 Å². The van der Waals surface area contributed by atoms with Crippen LogP contribution in [0.2, 0.25) is 0 Å². The van der Waals surface area contributed by atoms with Gasteiger partial charge in [-0.05, 0) is 62.3 Å². The van der Waals surface area contributed by atoms with E-state index in [1.165, 1.54) is 12.8 Å². The zero-order valence-electron chi connectivity index (χ0n) is 22.5. The van der Waals surface area contributed by atoms with Gasteiger partial charge in [-0.2, -0.15) is 10.8 Å². The second-order valence-corrected chi connectivity index (χ2v) is 11.1. The number of fused-ring (bicyclic) bond motifs is 1. The summed E-state index contributed by atoms with van der Waals surface area (Å²) in [5.41, 5.74) is 3.98. The molecule has 0 radical (unpaired) electrons. The number of hydrogen-bond donors (Lipinski definition) is 1. The SMILES string of the molecule is N[N+]12C=CN=CC1=C(C1CCC(C(=O)N3CCCCCC3)CC1)N=C2c1cccc(OCc2ccccc2)c1. The number of amidine groups is 1. The summed E-state index contributed by atoms with van der Waals surface area (Å²) in [5.74, 6) is 9.32. The van der Waals surface area contributed by atoms with Gasteiger partial charge in [0.1, 0.15) is 24.3 Å². The monoisotopic (exact) mass is 524 g/mol. The lowest BCUT2D eigenvalue weighted by atomic mass is 9.79. The highest BCUT2D eigenvalue weighted by Gasteiger charge is 2.46. The third-order valence-electron chi connectivity index (χ3n) is 8.54. The molecule has 39 heavy (non-hydrogen) atoms. The van der Waals surface area contributed by atoms with Crippen molar-refractivity contribution >= 4 is 18.0 Å². The molecule has 1 aliphatic carbocycles. The molecule has 1 unspecified atom stereocenters. The quantitative estimate of drug-likeness (QED) is 0.389. The summed E-state index contributed by atoms with van der Waals surface area (Å²) in [6.07, 6.45) is 13.9. The van der Waals surface area contributed by atoms with Gasteiger partial charge in [-0.3, -0.25) is 9.79 Å². The van der Waals surface area contributed by atoms with E-state index in [2.05, 4.69) is 22.0 Å². The van der Waals surface area contributed by atoms with Gasteiger partial charge in [0.05, 0.1) is 18.0 Å². The third kappa shape index (κ3) is 5.34. The van der Waals surface area contributed by atoms with Crippen LogP contribution in [0, 0.1) is 11.8 Å². The predicted octanol–water partition coefficient (Wildman–Crippen LogP) is 5.69. The van der Waals surface area contributed by atoms with Gasteiger partial charge in [-0.15, -0.1) is 4.59 Å². The number of benzene rings is 2. The number of ether oxygens (including phenoxy) is 1. The Morgan fingerprint density at radius 3 is 2.51 bits per heavy atom. The van der Waals surface area contributed by atoms with Crippen LogP contribution in [0.5, 0.6) is 5.75 Å². The first-order valence-corrected chi connectivity index (χ1v) is 14.4. The van der Waals surface area contributed by atoms with Crippen molar-refractivity contribution in [3.63, 3.8) is 0 Å². The number of quaternary nitrogens is 1. The number of rotatable bonds is 6. The molecule has 2 aromatic carbocycles. The van der Waals surface area contributed by atoms with Crippen LogP contribution < -0.4 is 10.6 Å². The molecule has 3 aliphatic heterocycles. The number of amides is 1. The Morgan fingerprint density at radius 1 is 0.974 bits per heavy atom. The van der Waals surface area contributed by atoms with Crippen molar-refractivity contribution in [2.75, 3.05) is 13.1 Å². The highest BCUT2D eigenvalue weighted by molar-refractivity contribution is 6.00. The summed E-state index contributed by atoms with van der Waals surface area (Å²) < 4.78 is 6.11. The van der Waals surface area contributed by atoms with E-state index in [-0.39, 0.29) is 16.4 Å². The number of nitrogens with two attached hydrogens (primary N) is 1. The van der Waals surface area contributed by atoms with Crippen LogP contribution in [0.25, 0.3) is 0 Å². The number of carbonyl (C=O) groups is 1. The molecule has 7 heteroatoms. The molecule has 2 aromatic rings. The summed E-state index contributed by atoms with van der Waals surface area (Å²) >= 11 is 0. The van der Waals surface area contributed by atoms with Gasteiger partial charge < -0.3 is 9.64 Å². The Kier molecular flexibility index (Phi) is 7.44. The first-order chi connectivity index (χ1) is 19.1. The molecule has 6 rings (SSSR count).